The molecule has 2 aromatic carbocycles. The zero-order chi connectivity index (χ0) is 19.0. The molecular formula is C23H27BN3+. The minimum Gasteiger partial charge on any atom is -0.372 e. The molecule has 0 bridgehead atoms. The van der Waals surface area contributed by atoms with Gasteiger partial charge in [0.05, 0.1) is 12.6 Å². The number of fused-ring (bicyclic) bond motifs is 4. The second-order valence-corrected chi connectivity index (χ2v) is 8.54. The van der Waals surface area contributed by atoms with Gasteiger partial charge in [0.15, 0.2) is 0 Å². The summed E-state index contributed by atoms with van der Waals surface area (Å²) in [4.78, 5) is 2.48. The maximum Gasteiger partial charge on any atom is 0.537 e. The van der Waals surface area contributed by atoms with Crippen LogP contribution in [0.3, 0.4) is 0 Å². The van der Waals surface area contributed by atoms with Crippen molar-refractivity contribution in [2.45, 2.75) is 39.5 Å². The summed E-state index contributed by atoms with van der Waals surface area (Å²) < 4.78 is 4.92. The molecule has 1 atom stereocenters. The van der Waals surface area contributed by atoms with Gasteiger partial charge in [0.1, 0.15) is 11.9 Å². The van der Waals surface area contributed by atoms with E-state index in [0.29, 0.717) is 11.8 Å². The molecule has 2 aliphatic rings. The van der Waals surface area contributed by atoms with Gasteiger partial charge in [-0.25, -0.2) is 4.57 Å². The van der Waals surface area contributed by atoms with Gasteiger partial charge in [-0.3, -0.25) is 4.48 Å². The Labute approximate surface area is 162 Å². The molecule has 0 saturated heterocycles. The fraction of sp³-hybridized carbons (Fsp3) is 0.348. The minimum absolute atomic E-state index is 0.218. The quantitative estimate of drug-likeness (QED) is 0.480. The zero-order valence-corrected chi connectivity index (χ0v) is 17.1. The van der Waals surface area contributed by atoms with Crippen molar-refractivity contribution in [2.24, 2.45) is 7.05 Å². The summed E-state index contributed by atoms with van der Waals surface area (Å²) in [5.74, 6) is 2.24. The van der Waals surface area contributed by atoms with E-state index in [4.69, 9.17) is 0 Å². The third-order valence-corrected chi connectivity index (χ3v) is 6.60. The van der Waals surface area contributed by atoms with E-state index in [1.54, 1.807) is 0 Å². The molecule has 0 spiro atoms. The Morgan fingerprint density at radius 3 is 2.59 bits per heavy atom. The summed E-state index contributed by atoms with van der Waals surface area (Å²) in [5.41, 5.74) is 9.89. The third kappa shape index (κ3) is 2.01. The summed E-state index contributed by atoms with van der Waals surface area (Å²) in [5, 5.41) is 0. The Kier molecular flexibility index (Phi) is 3.40. The second kappa shape index (κ2) is 5.51. The van der Waals surface area contributed by atoms with Crippen molar-refractivity contribution >= 4 is 18.1 Å². The molecule has 2 aliphatic heterocycles. The van der Waals surface area contributed by atoms with Crippen LogP contribution in [0.1, 0.15) is 55.0 Å². The number of benzene rings is 2. The first-order valence-corrected chi connectivity index (χ1v) is 9.98. The van der Waals surface area contributed by atoms with Crippen LogP contribution in [0.15, 0.2) is 42.6 Å². The molecule has 1 aromatic heterocycles. The van der Waals surface area contributed by atoms with E-state index in [-0.39, 0.29) is 6.98 Å². The highest BCUT2D eigenvalue weighted by Crippen LogP contribution is 2.42. The lowest BCUT2D eigenvalue weighted by Crippen LogP contribution is -2.60. The normalized spacial score (nSPS) is 17.1. The molecule has 3 heterocycles. The Morgan fingerprint density at radius 1 is 1.11 bits per heavy atom. The van der Waals surface area contributed by atoms with Crippen molar-refractivity contribution in [1.82, 2.24) is 4.48 Å². The lowest BCUT2D eigenvalue weighted by Gasteiger charge is -2.37. The number of anilines is 1. The topological polar surface area (TPSA) is 12.0 Å². The highest BCUT2D eigenvalue weighted by Gasteiger charge is 2.51. The van der Waals surface area contributed by atoms with Gasteiger partial charge in [0, 0.05) is 17.1 Å². The van der Waals surface area contributed by atoms with Crippen molar-refractivity contribution in [2.75, 3.05) is 11.9 Å². The largest absolute Gasteiger partial charge is 0.537 e. The third-order valence-electron chi connectivity index (χ3n) is 6.60. The van der Waals surface area contributed by atoms with Gasteiger partial charge in [-0.2, -0.15) is 0 Å². The molecule has 0 aliphatic carbocycles. The molecule has 0 N–H and O–H groups in total. The Morgan fingerprint density at radius 2 is 1.85 bits per heavy atom. The lowest BCUT2D eigenvalue weighted by molar-refractivity contribution is -0.659. The van der Waals surface area contributed by atoms with Crippen molar-refractivity contribution in [3.05, 3.63) is 65.0 Å². The van der Waals surface area contributed by atoms with E-state index >= 15 is 0 Å². The Bertz CT molecular complexity index is 1080. The summed E-state index contributed by atoms with van der Waals surface area (Å²) in [6, 6.07) is 13.6. The fourth-order valence-electron chi connectivity index (χ4n) is 5.29. The van der Waals surface area contributed by atoms with Crippen LogP contribution in [0.2, 0.25) is 0 Å². The van der Waals surface area contributed by atoms with Gasteiger partial charge in [-0.15, -0.1) is 0 Å². The SMILES string of the molecule is Cc1cccc2c1-c1n3c(c[n+]1C)C(C)c1cccc(C(C)C)c1B3N2C. The molecular weight excluding hydrogens is 329 g/mol. The number of hydrogen-bond donors (Lipinski definition) is 0. The highest BCUT2D eigenvalue weighted by molar-refractivity contribution is 6.77. The molecule has 3 nitrogen and oxygen atoms in total. The van der Waals surface area contributed by atoms with Crippen LogP contribution in [0.4, 0.5) is 5.69 Å². The number of imidazole rings is 1. The summed E-state index contributed by atoms with van der Waals surface area (Å²) in [7, 11) is 4.45. The van der Waals surface area contributed by atoms with Crippen molar-refractivity contribution in [1.29, 1.82) is 0 Å². The van der Waals surface area contributed by atoms with Crippen molar-refractivity contribution in [3.63, 3.8) is 0 Å². The predicted octanol–water partition coefficient (Wildman–Crippen LogP) is 3.57. The highest BCUT2D eigenvalue weighted by atomic mass is 15.2. The van der Waals surface area contributed by atoms with E-state index in [0.717, 1.165) is 0 Å². The summed E-state index contributed by atoms with van der Waals surface area (Å²) in [6.07, 6.45) is 2.34. The number of aryl methyl sites for hydroxylation is 2. The molecule has 27 heavy (non-hydrogen) atoms. The standard InChI is InChI=1S/C23H27BN3/c1-14(2)17-10-8-11-18-16(4)20-13-25(5)23-21-15(3)9-7-12-19(21)26(6)24(22(17)18)27(20)23/h7-14,16H,1-6H3/q+1. The van der Waals surface area contributed by atoms with E-state index in [2.05, 4.69) is 98.2 Å². The van der Waals surface area contributed by atoms with Gasteiger partial charge in [-0.05, 0) is 42.6 Å². The number of hydrogen-bond acceptors (Lipinski definition) is 1. The van der Waals surface area contributed by atoms with Gasteiger partial charge >= 0.3 is 6.98 Å². The average Bonchev–Trinajstić information content (AvgIpc) is 2.98. The maximum atomic E-state index is 2.59. The molecule has 5 rings (SSSR count). The first-order chi connectivity index (χ1) is 12.9. The smallest absolute Gasteiger partial charge is 0.372 e. The molecule has 1 unspecified atom stereocenters. The van der Waals surface area contributed by atoms with Crippen LogP contribution in [-0.2, 0) is 7.05 Å². The van der Waals surface area contributed by atoms with E-state index in [1.807, 2.05) is 0 Å². The van der Waals surface area contributed by atoms with Crippen LogP contribution < -0.4 is 14.8 Å². The predicted molar refractivity (Wildman–Crippen MR) is 113 cm³/mol. The van der Waals surface area contributed by atoms with Crippen molar-refractivity contribution in [3.8, 4) is 11.4 Å². The molecule has 0 amide bonds. The molecule has 4 heteroatoms. The zero-order valence-electron chi connectivity index (χ0n) is 17.1. The van der Waals surface area contributed by atoms with E-state index in [1.165, 1.54) is 44.9 Å². The van der Waals surface area contributed by atoms with Crippen LogP contribution >= 0.6 is 0 Å². The second-order valence-electron chi connectivity index (χ2n) is 8.54. The minimum atomic E-state index is 0.218. The monoisotopic (exact) mass is 356 g/mol. The van der Waals surface area contributed by atoms with Gasteiger partial charge in [0.2, 0.25) is 0 Å². The fourth-order valence-corrected chi connectivity index (χ4v) is 5.29. The number of nitrogens with zero attached hydrogens (tertiary/aromatic N) is 3. The number of aromatic nitrogens is 2. The first-order valence-electron chi connectivity index (χ1n) is 9.98. The van der Waals surface area contributed by atoms with Crippen LogP contribution in [0, 0.1) is 6.92 Å². The van der Waals surface area contributed by atoms with Crippen molar-refractivity contribution < 1.29 is 4.57 Å². The summed E-state index contributed by atoms with van der Waals surface area (Å²) >= 11 is 0. The molecule has 0 saturated carbocycles. The van der Waals surface area contributed by atoms with Crippen LogP contribution in [0.25, 0.3) is 11.4 Å². The van der Waals surface area contributed by atoms with E-state index < -0.39 is 0 Å². The Hall–Kier alpha value is -2.49. The average molecular weight is 356 g/mol. The molecule has 136 valence electrons. The van der Waals surface area contributed by atoms with Crippen LogP contribution in [-0.4, -0.2) is 18.5 Å². The van der Waals surface area contributed by atoms with Crippen LogP contribution in [0.5, 0.6) is 0 Å². The number of rotatable bonds is 1. The summed E-state index contributed by atoms with van der Waals surface area (Å²) in [6.45, 7) is 9.43. The van der Waals surface area contributed by atoms with Gasteiger partial charge in [-0.1, -0.05) is 51.1 Å². The van der Waals surface area contributed by atoms with Gasteiger partial charge in [0.25, 0.3) is 5.82 Å². The molecule has 3 aromatic rings. The lowest BCUT2D eigenvalue weighted by atomic mass is 9.55. The molecule has 0 radical (unpaired) electrons. The van der Waals surface area contributed by atoms with E-state index in [9.17, 15) is 0 Å². The maximum absolute atomic E-state index is 2.59. The molecule has 0 fully saturated rings. The first kappa shape index (κ1) is 16.7. The van der Waals surface area contributed by atoms with Gasteiger partial charge < -0.3 is 4.81 Å². The Balaban J connectivity index is 1.91.